The maximum absolute atomic E-state index is 11.9. The molecular weight excluding hydrogens is 274 g/mol. The van der Waals surface area contributed by atoms with Crippen molar-refractivity contribution in [3.63, 3.8) is 0 Å². The van der Waals surface area contributed by atoms with Gasteiger partial charge < -0.3 is 10.2 Å². The van der Waals surface area contributed by atoms with Crippen LogP contribution in [0.3, 0.4) is 0 Å². The van der Waals surface area contributed by atoms with E-state index in [-0.39, 0.29) is 18.4 Å². The number of nitrogens with one attached hydrogen (secondary N) is 1. The lowest BCUT2D eigenvalue weighted by molar-refractivity contribution is -0.134. The molecule has 0 saturated heterocycles. The van der Waals surface area contributed by atoms with Crippen molar-refractivity contribution < 1.29 is 9.59 Å². The highest BCUT2D eigenvalue weighted by molar-refractivity contribution is 7.15. The summed E-state index contributed by atoms with van der Waals surface area (Å²) in [7, 11) is 0. The largest absolute Gasteiger partial charge is 0.334 e. The molecule has 0 bridgehead atoms. The number of rotatable bonds is 7. The molecule has 1 heterocycles. The van der Waals surface area contributed by atoms with E-state index in [0.717, 1.165) is 23.4 Å². The number of anilines is 1. The van der Waals surface area contributed by atoms with Gasteiger partial charge in [0.05, 0.1) is 12.2 Å². The summed E-state index contributed by atoms with van der Waals surface area (Å²) in [4.78, 5) is 30.8. The molecule has 6 heteroatoms. The molecule has 1 aromatic rings. The molecular formula is C14H23N3O2S. The molecule has 1 rings (SSSR count). The van der Waals surface area contributed by atoms with E-state index < -0.39 is 0 Å². The first-order chi connectivity index (χ1) is 9.47. The SMILES string of the molecule is CCCCC(=O)N(CC)CC(=O)Nc1nc(C)c(C)s1. The predicted molar refractivity (Wildman–Crippen MR) is 82.0 cm³/mol. The Hall–Kier alpha value is -1.43. The summed E-state index contributed by atoms with van der Waals surface area (Å²) in [6.45, 7) is 8.45. The van der Waals surface area contributed by atoms with Crippen LogP contribution >= 0.6 is 11.3 Å². The molecule has 0 aromatic carbocycles. The normalized spacial score (nSPS) is 10.4. The maximum Gasteiger partial charge on any atom is 0.245 e. The molecule has 0 fully saturated rings. The molecule has 0 aliphatic rings. The lowest BCUT2D eigenvalue weighted by Crippen LogP contribution is -2.37. The quantitative estimate of drug-likeness (QED) is 0.841. The van der Waals surface area contributed by atoms with Gasteiger partial charge in [-0.05, 0) is 27.2 Å². The minimum Gasteiger partial charge on any atom is -0.334 e. The summed E-state index contributed by atoms with van der Waals surface area (Å²) in [5, 5.41) is 3.35. The van der Waals surface area contributed by atoms with Crippen LogP contribution in [0.1, 0.15) is 43.7 Å². The summed E-state index contributed by atoms with van der Waals surface area (Å²) in [5.41, 5.74) is 0.927. The van der Waals surface area contributed by atoms with Gasteiger partial charge in [-0.1, -0.05) is 13.3 Å². The third kappa shape index (κ3) is 4.92. The van der Waals surface area contributed by atoms with Crippen LogP contribution in [0.15, 0.2) is 0 Å². The zero-order chi connectivity index (χ0) is 15.1. The number of thiazole rings is 1. The topological polar surface area (TPSA) is 62.3 Å². The van der Waals surface area contributed by atoms with Gasteiger partial charge in [0.2, 0.25) is 11.8 Å². The predicted octanol–water partition coefficient (Wildman–Crippen LogP) is 2.74. The van der Waals surface area contributed by atoms with Crippen molar-refractivity contribution in [3.8, 4) is 0 Å². The fourth-order valence-electron chi connectivity index (χ4n) is 1.72. The van der Waals surface area contributed by atoms with Crippen molar-refractivity contribution in [2.75, 3.05) is 18.4 Å². The lowest BCUT2D eigenvalue weighted by atomic mass is 10.2. The van der Waals surface area contributed by atoms with Crippen molar-refractivity contribution >= 4 is 28.3 Å². The van der Waals surface area contributed by atoms with Gasteiger partial charge in [-0.2, -0.15) is 0 Å². The zero-order valence-corrected chi connectivity index (χ0v) is 13.5. The van der Waals surface area contributed by atoms with Gasteiger partial charge in [-0.25, -0.2) is 4.98 Å². The van der Waals surface area contributed by atoms with Gasteiger partial charge in [-0.3, -0.25) is 9.59 Å². The van der Waals surface area contributed by atoms with Gasteiger partial charge in [0.15, 0.2) is 5.13 Å². The van der Waals surface area contributed by atoms with Crippen molar-refractivity contribution in [1.29, 1.82) is 0 Å². The van der Waals surface area contributed by atoms with Crippen LogP contribution in [0.25, 0.3) is 0 Å². The number of carbonyl (C=O) groups is 2. The van der Waals surface area contributed by atoms with E-state index in [1.165, 1.54) is 11.3 Å². The van der Waals surface area contributed by atoms with Crippen LogP contribution in [0.2, 0.25) is 0 Å². The highest BCUT2D eigenvalue weighted by atomic mass is 32.1. The Kier molecular flexibility index (Phi) is 6.64. The highest BCUT2D eigenvalue weighted by Crippen LogP contribution is 2.20. The molecule has 2 amide bonds. The zero-order valence-electron chi connectivity index (χ0n) is 12.7. The van der Waals surface area contributed by atoms with Gasteiger partial charge in [-0.15, -0.1) is 11.3 Å². The van der Waals surface area contributed by atoms with Gasteiger partial charge >= 0.3 is 0 Å². The van der Waals surface area contributed by atoms with Crippen LogP contribution in [-0.2, 0) is 9.59 Å². The van der Waals surface area contributed by atoms with E-state index in [1.54, 1.807) is 4.90 Å². The fraction of sp³-hybridized carbons (Fsp3) is 0.643. The van der Waals surface area contributed by atoms with Gasteiger partial charge in [0, 0.05) is 17.8 Å². The van der Waals surface area contributed by atoms with Gasteiger partial charge in [0.1, 0.15) is 0 Å². The number of carbonyl (C=O) groups excluding carboxylic acids is 2. The number of aromatic nitrogens is 1. The van der Waals surface area contributed by atoms with Crippen molar-refractivity contribution in [1.82, 2.24) is 9.88 Å². The second kappa shape index (κ2) is 7.99. The number of hydrogen-bond acceptors (Lipinski definition) is 4. The van der Waals surface area contributed by atoms with E-state index >= 15 is 0 Å². The van der Waals surface area contributed by atoms with E-state index in [4.69, 9.17) is 0 Å². The Morgan fingerprint density at radius 2 is 2.00 bits per heavy atom. The summed E-state index contributed by atoms with van der Waals surface area (Å²) in [6.07, 6.45) is 2.35. The maximum atomic E-state index is 11.9. The molecule has 0 atom stereocenters. The average Bonchev–Trinajstić information content (AvgIpc) is 2.71. The second-order valence-corrected chi connectivity index (χ2v) is 5.92. The van der Waals surface area contributed by atoms with E-state index in [2.05, 4.69) is 10.3 Å². The number of nitrogens with zero attached hydrogens (tertiary/aromatic N) is 2. The number of amides is 2. The molecule has 0 aliphatic heterocycles. The highest BCUT2D eigenvalue weighted by Gasteiger charge is 2.16. The monoisotopic (exact) mass is 297 g/mol. The molecule has 20 heavy (non-hydrogen) atoms. The average molecular weight is 297 g/mol. The Bertz CT molecular complexity index is 451. The second-order valence-electron chi connectivity index (χ2n) is 4.72. The Balaban J connectivity index is 2.52. The number of aryl methyl sites for hydroxylation is 2. The van der Waals surface area contributed by atoms with Crippen LogP contribution in [0.5, 0.6) is 0 Å². The summed E-state index contributed by atoms with van der Waals surface area (Å²) >= 11 is 1.45. The van der Waals surface area contributed by atoms with Crippen molar-refractivity contribution in [3.05, 3.63) is 10.6 Å². The first kappa shape index (κ1) is 16.6. The van der Waals surface area contributed by atoms with Crippen LogP contribution in [0.4, 0.5) is 5.13 Å². The van der Waals surface area contributed by atoms with E-state index in [0.29, 0.717) is 18.1 Å². The molecule has 1 aromatic heterocycles. The minimum absolute atomic E-state index is 0.0380. The van der Waals surface area contributed by atoms with Crippen LogP contribution in [0, 0.1) is 13.8 Å². The van der Waals surface area contributed by atoms with Gasteiger partial charge in [0.25, 0.3) is 0 Å². The third-order valence-electron chi connectivity index (χ3n) is 3.09. The smallest absolute Gasteiger partial charge is 0.245 e. The van der Waals surface area contributed by atoms with Crippen molar-refractivity contribution in [2.24, 2.45) is 0 Å². The lowest BCUT2D eigenvalue weighted by Gasteiger charge is -2.19. The third-order valence-corrected chi connectivity index (χ3v) is 4.08. The molecule has 1 N–H and O–H groups in total. The molecule has 0 unspecified atom stereocenters. The summed E-state index contributed by atoms with van der Waals surface area (Å²) < 4.78 is 0. The molecule has 5 nitrogen and oxygen atoms in total. The summed E-state index contributed by atoms with van der Waals surface area (Å²) in [6, 6.07) is 0. The molecule has 0 spiro atoms. The fourth-order valence-corrected chi connectivity index (χ4v) is 2.55. The van der Waals surface area contributed by atoms with E-state index in [1.807, 2.05) is 27.7 Å². The Morgan fingerprint density at radius 1 is 1.30 bits per heavy atom. The Morgan fingerprint density at radius 3 is 2.50 bits per heavy atom. The number of unbranched alkanes of at least 4 members (excludes halogenated alkanes) is 1. The standard InChI is InChI=1S/C14H23N3O2S/c1-5-7-8-13(19)17(6-2)9-12(18)16-14-15-10(3)11(4)20-14/h5-9H2,1-4H3,(H,15,16,18). The first-order valence-corrected chi connectivity index (χ1v) is 7.81. The van der Waals surface area contributed by atoms with Crippen LogP contribution < -0.4 is 5.32 Å². The number of likely N-dealkylation sites (N-methyl/N-ethyl adjacent to an activating group) is 1. The summed E-state index contributed by atoms with van der Waals surface area (Å²) in [5.74, 6) is -0.151. The minimum atomic E-state index is -0.189. The molecule has 0 saturated carbocycles. The number of hydrogen-bond donors (Lipinski definition) is 1. The molecule has 0 aliphatic carbocycles. The first-order valence-electron chi connectivity index (χ1n) is 6.99. The van der Waals surface area contributed by atoms with Crippen LogP contribution in [-0.4, -0.2) is 34.8 Å². The molecule has 0 radical (unpaired) electrons. The van der Waals surface area contributed by atoms with E-state index in [9.17, 15) is 9.59 Å². The van der Waals surface area contributed by atoms with Crippen molar-refractivity contribution in [2.45, 2.75) is 47.0 Å². The Labute approximate surface area is 124 Å². The molecule has 112 valence electrons.